The largest absolute Gasteiger partial charge is 0.334 e. The van der Waals surface area contributed by atoms with Crippen LogP contribution in [0.5, 0.6) is 0 Å². The second-order valence-electron chi connectivity index (χ2n) is 12.5. The molecule has 234 valence electrons. The topological polar surface area (TPSA) is 3.24 Å². The molecule has 8 rings (SSSR count). The SMILES string of the molecule is C1=CC(N(c2ccc(-c3ccccc3)cc2)c2ccc(-c3ccccc3)c(-c3ccc(-c4ccccc4)cc3)c2)CC=C1c1ccccc1. The number of benzene rings is 7. The molecule has 0 saturated heterocycles. The molecule has 1 nitrogen and oxygen atoms in total. The van der Waals surface area contributed by atoms with E-state index in [1.54, 1.807) is 0 Å². The Bertz CT molecular complexity index is 2200. The number of nitrogens with zero attached hydrogens (tertiary/aromatic N) is 1. The highest BCUT2D eigenvalue weighted by Crippen LogP contribution is 2.40. The molecule has 0 fully saturated rings. The Balaban J connectivity index is 1.22. The summed E-state index contributed by atoms with van der Waals surface area (Å²) in [4.78, 5) is 2.50. The Kier molecular flexibility index (Phi) is 8.56. The molecule has 1 atom stereocenters. The van der Waals surface area contributed by atoms with Crippen molar-refractivity contribution in [3.8, 4) is 44.5 Å². The molecule has 1 aliphatic carbocycles. The van der Waals surface area contributed by atoms with Crippen LogP contribution >= 0.6 is 0 Å². The van der Waals surface area contributed by atoms with E-state index >= 15 is 0 Å². The van der Waals surface area contributed by atoms with Crippen LogP contribution in [-0.4, -0.2) is 6.04 Å². The highest BCUT2D eigenvalue weighted by atomic mass is 15.2. The summed E-state index contributed by atoms with van der Waals surface area (Å²) < 4.78 is 0. The van der Waals surface area contributed by atoms with Gasteiger partial charge in [0.2, 0.25) is 0 Å². The van der Waals surface area contributed by atoms with E-state index in [0.717, 1.165) is 6.42 Å². The van der Waals surface area contributed by atoms with Gasteiger partial charge in [0.15, 0.2) is 0 Å². The first-order chi connectivity index (χ1) is 24.3. The van der Waals surface area contributed by atoms with Gasteiger partial charge in [0.1, 0.15) is 0 Å². The number of hydrogen-bond donors (Lipinski definition) is 0. The summed E-state index contributed by atoms with van der Waals surface area (Å²) >= 11 is 0. The molecule has 7 aromatic carbocycles. The lowest BCUT2D eigenvalue weighted by Gasteiger charge is -2.34. The number of anilines is 2. The van der Waals surface area contributed by atoms with Crippen molar-refractivity contribution in [3.63, 3.8) is 0 Å². The van der Waals surface area contributed by atoms with Gasteiger partial charge >= 0.3 is 0 Å². The van der Waals surface area contributed by atoms with Gasteiger partial charge in [-0.2, -0.15) is 0 Å². The van der Waals surface area contributed by atoms with E-state index in [1.807, 2.05) is 0 Å². The van der Waals surface area contributed by atoms with Crippen molar-refractivity contribution in [2.24, 2.45) is 0 Å². The second kappa shape index (κ2) is 13.9. The maximum absolute atomic E-state index is 2.50. The Hall–Kier alpha value is -6.18. The van der Waals surface area contributed by atoms with Crippen molar-refractivity contribution in [2.45, 2.75) is 12.5 Å². The van der Waals surface area contributed by atoms with Crippen LogP contribution in [0.25, 0.3) is 50.1 Å². The molecule has 49 heavy (non-hydrogen) atoms. The fraction of sp³-hybridized carbons (Fsp3) is 0.0417. The fourth-order valence-corrected chi connectivity index (χ4v) is 6.89. The van der Waals surface area contributed by atoms with E-state index in [0.29, 0.717) is 0 Å². The van der Waals surface area contributed by atoms with E-state index in [2.05, 4.69) is 211 Å². The van der Waals surface area contributed by atoms with E-state index in [1.165, 1.54) is 67.0 Å². The Labute approximate surface area is 289 Å². The van der Waals surface area contributed by atoms with Gasteiger partial charge in [0.25, 0.3) is 0 Å². The first-order valence-electron chi connectivity index (χ1n) is 17.0. The fourth-order valence-electron chi connectivity index (χ4n) is 6.89. The predicted octanol–water partition coefficient (Wildman–Crippen LogP) is 12.9. The summed E-state index contributed by atoms with van der Waals surface area (Å²) in [7, 11) is 0. The smallest absolute Gasteiger partial charge is 0.0560 e. The van der Waals surface area contributed by atoms with Gasteiger partial charge in [0, 0.05) is 11.4 Å². The quantitative estimate of drug-likeness (QED) is 0.162. The van der Waals surface area contributed by atoms with Crippen molar-refractivity contribution < 1.29 is 0 Å². The molecule has 0 bridgehead atoms. The van der Waals surface area contributed by atoms with Gasteiger partial charge in [-0.3, -0.25) is 0 Å². The first kappa shape index (κ1) is 30.2. The molecule has 0 heterocycles. The van der Waals surface area contributed by atoms with Crippen molar-refractivity contribution in [1.29, 1.82) is 0 Å². The first-order valence-corrected chi connectivity index (χ1v) is 17.0. The molecule has 0 N–H and O–H groups in total. The van der Waals surface area contributed by atoms with Crippen LogP contribution in [0.15, 0.2) is 206 Å². The Morgan fingerprint density at radius 1 is 0.367 bits per heavy atom. The van der Waals surface area contributed by atoms with Crippen LogP contribution < -0.4 is 4.90 Å². The molecule has 1 aliphatic rings. The number of allylic oxidation sites excluding steroid dienone is 2. The molecular formula is C48H37N. The van der Waals surface area contributed by atoms with Crippen LogP contribution in [0, 0.1) is 0 Å². The summed E-state index contributed by atoms with van der Waals surface area (Å²) in [5, 5.41) is 0. The van der Waals surface area contributed by atoms with Gasteiger partial charge in [-0.15, -0.1) is 0 Å². The average Bonchev–Trinajstić information content (AvgIpc) is 3.20. The van der Waals surface area contributed by atoms with Gasteiger partial charge in [-0.1, -0.05) is 182 Å². The van der Waals surface area contributed by atoms with Crippen LogP contribution in [0.1, 0.15) is 12.0 Å². The molecular weight excluding hydrogens is 591 g/mol. The van der Waals surface area contributed by atoms with E-state index in [9.17, 15) is 0 Å². The Morgan fingerprint density at radius 2 is 0.796 bits per heavy atom. The molecule has 1 unspecified atom stereocenters. The molecule has 1 heteroatoms. The average molecular weight is 628 g/mol. The maximum atomic E-state index is 2.50. The molecule has 0 saturated carbocycles. The van der Waals surface area contributed by atoms with Gasteiger partial charge < -0.3 is 4.90 Å². The molecule has 0 radical (unpaired) electrons. The summed E-state index contributed by atoms with van der Waals surface area (Å²) in [5.74, 6) is 0. The normalized spacial score (nSPS) is 13.9. The third-order valence-electron chi connectivity index (χ3n) is 9.44. The highest BCUT2D eigenvalue weighted by molar-refractivity contribution is 5.88. The number of rotatable bonds is 8. The standard InChI is InChI=1S/C48H37N/c1-5-13-36(14-6-1)39-21-23-43(24-22-39)48-35-46(33-34-47(48)42-19-11-4-12-20-42)49(44-29-25-40(26-30-44)37-15-7-2-8-16-37)45-31-27-41(28-32-45)38-17-9-3-10-18-38/h1-31,33-35,45H,32H2. The van der Waals surface area contributed by atoms with Gasteiger partial charge in [-0.05, 0) is 86.3 Å². The van der Waals surface area contributed by atoms with Crippen LogP contribution in [-0.2, 0) is 0 Å². The van der Waals surface area contributed by atoms with Crippen LogP contribution in [0.3, 0.4) is 0 Å². The van der Waals surface area contributed by atoms with E-state index in [4.69, 9.17) is 0 Å². The second-order valence-corrected chi connectivity index (χ2v) is 12.5. The monoisotopic (exact) mass is 627 g/mol. The van der Waals surface area contributed by atoms with Crippen molar-refractivity contribution >= 4 is 16.9 Å². The lowest BCUT2D eigenvalue weighted by atomic mass is 9.91. The molecule has 0 aromatic heterocycles. The summed E-state index contributed by atoms with van der Waals surface area (Å²) in [5.41, 5.74) is 14.6. The zero-order valence-corrected chi connectivity index (χ0v) is 27.4. The zero-order chi connectivity index (χ0) is 32.8. The summed E-state index contributed by atoms with van der Waals surface area (Å²) in [6, 6.07) is 67.8. The molecule has 0 spiro atoms. The third-order valence-corrected chi connectivity index (χ3v) is 9.44. The lowest BCUT2D eigenvalue weighted by molar-refractivity contribution is 0.787. The van der Waals surface area contributed by atoms with E-state index < -0.39 is 0 Å². The number of hydrogen-bond acceptors (Lipinski definition) is 1. The molecule has 7 aromatic rings. The van der Waals surface area contributed by atoms with Crippen LogP contribution in [0.4, 0.5) is 11.4 Å². The van der Waals surface area contributed by atoms with Crippen molar-refractivity contribution in [2.75, 3.05) is 4.90 Å². The minimum Gasteiger partial charge on any atom is -0.334 e. The Morgan fingerprint density at radius 3 is 1.33 bits per heavy atom. The third kappa shape index (κ3) is 6.52. The molecule has 0 amide bonds. The van der Waals surface area contributed by atoms with Gasteiger partial charge in [-0.25, -0.2) is 0 Å². The maximum Gasteiger partial charge on any atom is 0.0560 e. The minimum absolute atomic E-state index is 0.158. The summed E-state index contributed by atoms with van der Waals surface area (Å²) in [6.45, 7) is 0. The van der Waals surface area contributed by atoms with Crippen LogP contribution in [0.2, 0.25) is 0 Å². The summed E-state index contributed by atoms with van der Waals surface area (Å²) in [6.07, 6.45) is 7.94. The van der Waals surface area contributed by atoms with Crippen molar-refractivity contribution in [3.05, 3.63) is 212 Å². The predicted molar refractivity (Wildman–Crippen MR) is 209 cm³/mol. The van der Waals surface area contributed by atoms with Gasteiger partial charge in [0.05, 0.1) is 6.04 Å². The highest BCUT2D eigenvalue weighted by Gasteiger charge is 2.22. The van der Waals surface area contributed by atoms with Crippen molar-refractivity contribution in [1.82, 2.24) is 0 Å². The lowest BCUT2D eigenvalue weighted by Crippen LogP contribution is -2.30. The minimum atomic E-state index is 0.158. The zero-order valence-electron chi connectivity index (χ0n) is 27.4. The molecule has 0 aliphatic heterocycles. The van der Waals surface area contributed by atoms with E-state index in [-0.39, 0.29) is 6.04 Å².